The number of furan rings is 2. The highest BCUT2D eigenvalue weighted by molar-refractivity contribution is 6.09. The Labute approximate surface area is 383 Å². The monoisotopic (exact) mass is 845 g/mol. The van der Waals surface area contributed by atoms with Gasteiger partial charge in [-0.25, -0.2) is 0 Å². The summed E-state index contributed by atoms with van der Waals surface area (Å²) in [5, 5.41) is 4.57. The van der Waals surface area contributed by atoms with E-state index in [9.17, 15) is 0 Å². The van der Waals surface area contributed by atoms with E-state index < -0.39 is 0 Å². The lowest BCUT2D eigenvalue weighted by Gasteiger charge is -2.28. The van der Waals surface area contributed by atoms with Crippen LogP contribution >= 0.6 is 0 Å². The topological polar surface area (TPSA) is 29.5 Å². The minimum atomic E-state index is -0.118. The smallest absolute Gasteiger partial charge is 0.143 e. The standard InChI is InChI=1S/C63H43NO2/c1-63(2)57-15-6-3-10-51(57)52-37-35-49(39-58(52)63)64(47-31-26-42(27-32-47)40-18-20-44(21-19-40)46-30-36-55-53-11-4-7-16-59(53)65-61(55)38-46)48-33-28-43(29-34-48)41-22-24-45(25-23-41)50-13-9-14-56-54-12-5-8-17-60(54)66-62(50)56/h3-39H,1-2H3. The molecule has 1 aliphatic carbocycles. The number of anilines is 3. The van der Waals surface area contributed by atoms with E-state index in [1.54, 1.807) is 0 Å². The van der Waals surface area contributed by atoms with Crippen molar-refractivity contribution < 1.29 is 8.83 Å². The van der Waals surface area contributed by atoms with Gasteiger partial charge in [0.15, 0.2) is 0 Å². The highest BCUT2D eigenvalue weighted by Crippen LogP contribution is 2.51. The van der Waals surface area contributed by atoms with Crippen LogP contribution in [0.25, 0.3) is 99.5 Å². The lowest BCUT2D eigenvalue weighted by atomic mass is 9.82. The Balaban J connectivity index is 0.826. The van der Waals surface area contributed by atoms with Gasteiger partial charge in [0, 0.05) is 49.6 Å². The van der Waals surface area contributed by atoms with E-state index in [4.69, 9.17) is 8.83 Å². The third kappa shape index (κ3) is 6.12. The van der Waals surface area contributed by atoms with Gasteiger partial charge in [-0.05, 0) is 122 Å². The van der Waals surface area contributed by atoms with Gasteiger partial charge in [-0.3, -0.25) is 0 Å². The highest BCUT2D eigenvalue weighted by Gasteiger charge is 2.35. The Morgan fingerprint density at radius 2 is 0.758 bits per heavy atom. The summed E-state index contributed by atoms with van der Waals surface area (Å²) in [5.74, 6) is 0. The molecule has 0 fully saturated rings. The quantitative estimate of drug-likeness (QED) is 0.160. The van der Waals surface area contributed by atoms with Gasteiger partial charge in [0.05, 0.1) is 0 Å². The van der Waals surface area contributed by atoms with Crippen molar-refractivity contribution in [2.75, 3.05) is 4.90 Å². The Bertz CT molecular complexity index is 3810. The van der Waals surface area contributed by atoms with E-state index in [-0.39, 0.29) is 5.41 Å². The summed E-state index contributed by atoms with van der Waals surface area (Å²) in [4.78, 5) is 2.39. The fraction of sp³-hybridized carbons (Fsp3) is 0.0476. The van der Waals surface area contributed by atoms with E-state index in [0.29, 0.717) is 0 Å². The van der Waals surface area contributed by atoms with Gasteiger partial charge in [-0.15, -0.1) is 0 Å². The predicted octanol–water partition coefficient (Wildman–Crippen LogP) is 17.9. The summed E-state index contributed by atoms with van der Waals surface area (Å²) in [6.07, 6.45) is 0. The van der Waals surface area contributed by atoms with Gasteiger partial charge in [-0.1, -0.05) is 178 Å². The van der Waals surface area contributed by atoms with Gasteiger partial charge in [0.1, 0.15) is 22.3 Å². The summed E-state index contributed by atoms with van der Waals surface area (Å²) in [6, 6.07) is 80.9. The zero-order valence-corrected chi connectivity index (χ0v) is 36.6. The number of hydrogen-bond donors (Lipinski definition) is 0. The molecule has 0 unspecified atom stereocenters. The number of para-hydroxylation sites is 3. The number of rotatable bonds is 7. The van der Waals surface area contributed by atoms with Crippen molar-refractivity contribution in [3.05, 3.63) is 236 Å². The van der Waals surface area contributed by atoms with Crippen molar-refractivity contribution in [2.45, 2.75) is 19.3 Å². The normalized spacial score (nSPS) is 12.8. The lowest BCUT2D eigenvalue weighted by Crippen LogP contribution is -2.16. The first-order valence-electron chi connectivity index (χ1n) is 22.7. The second-order valence-electron chi connectivity index (χ2n) is 18.1. The maximum Gasteiger partial charge on any atom is 0.143 e. The maximum atomic E-state index is 6.37. The van der Waals surface area contributed by atoms with Crippen LogP contribution in [0.3, 0.4) is 0 Å². The molecule has 3 nitrogen and oxygen atoms in total. The number of nitrogens with zero attached hydrogens (tertiary/aromatic N) is 1. The van der Waals surface area contributed by atoms with E-state index in [1.807, 2.05) is 24.3 Å². The molecule has 10 aromatic carbocycles. The molecule has 0 amide bonds. The molecule has 2 heterocycles. The Morgan fingerprint density at radius 1 is 0.303 bits per heavy atom. The molecule has 0 saturated heterocycles. The van der Waals surface area contributed by atoms with Gasteiger partial charge in [-0.2, -0.15) is 0 Å². The Morgan fingerprint density at radius 3 is 1.42 bits per heavy atom. The Kier molecular flexibility index (Phi) is 8.56. The van der Waals surface area contributed by atoms with Crippen LogP contribution in [0.2, 0.25) is 0 Å². The first kappa shape index (κ1) is 38.1. The van der Waals surface area contributed by atoms with Crippen LogP contribution in [-0.4, -0.2) is 0 Å². The van der Waals surface area contributed by atoms with Crippen molar-refractivity contribution in [3.8, 4) is 55.6 Å². The molecule has 0 aliphatic heterocycles. The second kappa shape index (κ2) is 14.8. The van der Waals surface area contributed by atoms with E-state index in [2.05, 4.69) is 219 Å². The van der Waals surface area contributed by atoms with Crippen LogP contribution in [0.4, 0.5) is 17.1 Å². The van der Waals surface area contributed by atoms with Crippen LogP contribution in [0.1, 0.15) is 25.0 Å². The zero-order chi connectivity index (χ0) is 43.9. The molecule has 0 N–H and O–H groups in total. The minimum Gasteiger partial charge on any atom is -0.456 e. The van der Waals surface area contributed by atoms with Crippen LogP contribution in [0, 0.1) is 0 Å². The fourth-order valence-electron chi connectivity index (χ4n) is 10.5. The molecular formula is C63H43NO2. The SMILES string of the molecule is CC1(C)c2ccccc2-c2ccc(N(c3ccc(-c4ccc(-c5ccc6c(c5)oc5ccccc56)cc4)cc3)c3ccc(-c4ccc(-c5cccc6c5oc5ccccc56)cc4)cc3)cc21. The van der Waals surface area contributed by atoms with Gasteiger partial charge in [0.2, 0.25) is 0 Å². The Hall–Kier alpha value is -8.40. The van der Waals surface area contributed by atoms with Crippen molar-refractivity contribution >= 4 is 60.9 Å². The molecule has 66 heavy (non-hydrogen) atoms. The summed E-state index contributed by atoms with van der Waals surface area (Å²) in [7, 11) is 0. The average molecular weight is 846 g/mol. The molecule has 0 spiro atoms. The molecule has 1 aliphatic rings. The second-order valence-corrected chi connectivity index (χ2v) is 18.1. The van der Waals surface area contributed by atoms with Crippen molar-refractivity contribution in [2.24, 2.45) is 0 Å². The van der Waals surface area contributed by atoms with Crippen molar-refractivity contribution in [1.82, 2.24) is 0 Å². The molecule has 12 aromatic rings. The third-order valence-corrected chi connectivity index (χ3v) is 13.9. The number of fused-ring (bicyclic) bond motifs is 9. The van der Waals surface area contributed by atoms with Gasteiger partial charge in [0.25, 0.3) is 0 Å². The van der Waals surface area contributed by atoms with Crippen LogP contribution in [-0.2, 0) is 5.41 Å². The lowest BCUT2D eigenvalue weighted by molar-refractivity contribution is 0.660. The first-order chi connectivity index (χ1) is 32.4. The minimum absolute atomic E-state index is 0.118. The van der Waals surface area contributed by atoms with Crippen LogP contribution < -0.4 is 4.90 Å². The molecule has 13 rings (SSSR count). The molecule has 0 radical (unpaired) electrons. The summed E-state index contributed by atoms with van der Waals surface area (Å²) in [6.45, 7) is 4.69. The average Bonchev–Trinajstić information content (AvgIpc) is 4.02. The first-order valence-corrected chi connectivity index (χ1v) is 22.7. The van der Waals surface area contributed by atoms with Crippen molar-refractivity contribution in [3.63, 3.8) is 0 Å². The van der Waals surface area contributed by atoms with E-state index >= 15 is 0 Å². The molecule has 3 heteroatoms. The summed E-state index contributed by atoms with van der Waals surface area (Å²) >= 11 is 0. The molecular weight excluding hydrogens is 803 g/mol. The third-order valence-electron chi connectivity index (χ3n) is 13.9. The highest BCUT2D eigenvalue weighted by atomic mass is 16.3. The largest absolute Gasteiger partial charge is 0.456 e. The maximum absolute atomic E-state index is 6.37. The number of hydrogen-bond acceptors (Lipinski definition) is 3. The molecule has 2 aromatic heterocycles. The van der Waals surface area contributed by atoms with Gasteiger partial charge < -0.3 is 13.7 Å². The molecule has 0 saturated carbocycles. The molecule has 0 bridgehead atoms. The summed E-state index contributed by atoms with van der Waals surface area (Å²) < 4.78 is 12.6. The summed E-state index contributed by atoms with van der Waals surface area (Å²) in [5.41, 5.74) is 21.4. The van der Waals surface area contributed by atoms with Crippen LogP contribution in [0.15, 0.2) is 233 Å². The van der Waals surface area contributed by atoms with Gasteiger partial charge >= 0.3 is 0 Å². The zero-order valence-electron chi connectivity index (χ0n) is 36.6. The number of benzene rings is 10. The fourth-order valence-corrected chi connectivity index (χ4v) is 10.5. The van der Waals surface area contributed by atoms with E-state index in [0.717, 1.165) is 94.3 Å². The van der Waals surface area contributed by atoms with E-state index in [1.165, 1.54) is 33.4 Å². The van der Waals surface area contributed by atoms with Crippen molar-refractivity contribution in [1.29, 1.82) is 0 Å². The molecule has 0 atom stereocenters. The predicted molar refractivity (Wildman–Crippen MR) is 275 cm³/mol. The van der Waals surface area contributed by atoms with Crippen LogP contribution in [0.5, 0.6) is 0 Å². The molecule has 312 valence electrons.